The van der Waals surface area contributed by atoms with Crippen LogP contribution in [0.25, 0.3) is 0 Å². The lowest BCUT2D eigenvalue weighted by Crippen LogP contribution is -2.44. The monoisotopic (exact) mass is 437 g/mol. The number of piperidine rings is 1. The van der Waals surface area contributed by atoms with Gasteiger partial charge in [-0.15, -0.1) is 0 Å². The molecule has 8 nitrogen and oxygen atoms in total. The summed E-state index contributed by atoms with van der Waals surface area (Å²) in [6.07, 6.45) is 2.99. The fraction of sp³-hybridized carbons (Fsp3) is 0.667. The Labute approximate surface area is 180 Å². The van der Waals surface area contributed by atoms with Crippen LogP contribution < -0.4 is 10.6 Å². The molecule has 1 aromatic rings. The smallest absolute Gasteiger partial charge is 0.243 e. The van der Waals surface area contributed by atoms with Crippen LogP contribution >= 0.6 is 0 Å². The Hall–Kier alpha value is -1.68. The molecule has 2 aliphatic heterocycles. The van der Waals surface area contributed by atoms with Crippen molar-refractivity contribution < 1.29 is 13.2 Å². The molecule has 2 fully saturated rings. The fourth-order valence-electron chi connectivity index (χ4n) is 3.69. The Morgan fingerprint density at radius 2 is 1.73 bits per heavy atom. The van der Waals surface area contributed by atoms with E-state index in [4.69, 9.17) is 4.74 Å². The van der Waals surface area contributed by atoms with Crippen LogP contribution in [0.4, 0.5) is 0 Å². The quantitative estimate of drug-likeness (QED) is 0.470. The van der Waals surface area contributed by atoms with Crippen molar-refractivity contribution in [1.82, 2.24) is 19.8 Å². The molecule has 2 heterocycles. The van der Waals surface area contributed by atoms with E-state index >= 15 is 0 Å². The minimum Gasteiger partial charge on any atom is -0.379 e. The van der Waals surface area contributed by atoms with E-state index in [1.54, 1.807) is 16.4 Å². The predicted octanol–water partition coefficient (Wildman–Crippen LogP) is 1.25. The number of morpholine rings is 1. The second-order valence-electron chi connectivity index (χ2n) is 7.68. The van der Waals surface area contributed by atoms with E-state index in [1.807, 2.05) is 19.1 Å². The SMILES string of the molecule is CCNC(=NCc1ccc(S(=O)(=O)N2CCCCC2)cc1)NCCN1CCOCC1. The van der Waals surface area contributed by atoms with Crippen molar-refractivity contribution in [3.63, 3.8) is 0 Å². The first-order chi connectivity index (χ1) is 14.6. The third-order valence-corrected chi connectivity index (χ3v) is 7.38. The van der Waals surface area contributed by atoms with Crippen molar-refractivity contribution in [3.05, 3.63) is 29.8 Å². The Kier molecular flexibility index (Phi) is 8.92. The number of aliphatic imine (C=N–C) groups is 1. The molecule has 2 saturated heterocycles. The second-order valence-corrected chi connectivity index (χ2v) is 9.62. The van der Waals surface area contributed by atoms with E-state index in [0.717, 1.165) is 76.7 Å². The molecule has 3 rings (SSSR count). The average molecular weight is 438 g/mol. The maximum atomic E-state index is 12.8. The van der Waals surface area contributed by atoms with Gasteiger partial charge in [0.1, 0.15) is 0 Å². The van der Waals surface area contributed by atoms with Crippen LogP contribution in [-0.4, -0.2) is 82.6 Å². The van der Waals surface area contributed by atoms with Gasteiger partial charge in [0.2, 0.25) is 10.0 Å². The summed E-state index contributed by atoms with van der Waals surface area (Å²) in [6, 6.07) is 7.12. The maximum absolute atomic E-state index is 12.8. The van der Waals surface area contributed by atoms with E-state index in [2.05, 4.69) is 20.5 Å². The van der Waals surface area contributed by atoms with Crippen LogP contribution in [0.2, 0.25) is 0 Å². The zero-order chi connectivity index (χ0) is 21.2. The van der Waals surface area contributed by atoms with Crippen LogP contribution in [0.1, 0.15) is 31.7 Å². The molecule has 9 heteroatoms. The molecular weight excluding hydrogens is 402 g/mol. The molecule has 30 heavy (non-hydrogen) atoms. The van der Waals surface area contributed by atoms with Gasteiger partial charge in [0.05, 0.1) is 24.7 Å². The molecule has 0 aromatic heterocycles. The molecule has 0 aliphatic carbocycles. The predicted molar refractivity (Wildman–Crippen MR) is 119 cm³/mol. The number of nitrogens with zero attached hydrogens (tertiary/aromatic N) is 3. The summed E-state index contributed by atoms with van der Waals surface area (Å²) < 4.78 is 32.5. The molecule has 0 amide bonds. The van der Waals surface area contributed by atoms with Crippen LogP contribution in [0.5, 0.6) is 0 Å². The molecular formula is C21H35N5O3S. The Morgan fingerprint density at radius 1 is 1.03 bits per heavy atom. The number of ether oxygens (including phenoxy) is 1. The van der Waals surface area contributed by atoms with Crippen LogP contribution in [0.15, 0.2) is 34.2 Å². The molecule has 0 radical (unpaired) electrons. The van der Waals surface area contributed by atoms with Gasteiger partial charge in [0.25, 0.3) is 0 Å². The molecule has 2 aliphatic rings. The van der Waals surface area contributed by atoms with Crippen molar-refractivity contribution in [2.75, 3.05) is 59.0 Å². The van der Waals surface area contributed by atoms with Gasteiger partial charge in [-0.25, -0.2) is 13.4 Å². The lowest BCUT2D eigenvalue weighted by atomic mass is 10.2. The zero-order valence-electron chi connectivity index (χ0n) is 18.0. The maximum Gasteiger partial charge on any atom is 0.243 e. The number of benzene rings is 1. The minimum atomic E-state index is -3.38. The van der Waals surface area contributed by atoms with Gasteiger partial charge in [-0.1, -0.05) is 18.6 Å². The summed E-state index contributed by atoms with van der Waals surface area (Å²) >= 11 is 0. The van der Waals surface area contributed by atoms with Gasteiger partial charge in [-0.3, -0.25) is 4.90 Å². The highest BCUT2D eigenvalue weighted by atomic mass is 32.2. The molecule has 0 saturated carbocycles. The average Bonchev–Trinajstić information content (AvgIpc) is 2.79. The first-order valence-corrected chi connectivity index (χ1v) is 12.4. The van der Waals surface area contributed by atoms with Gasteiger partial charge < -0.3 is 15.4 Å². The van der Waals surface area contributed by atoms with Crippen molar-refractivity contribution in [2.24, 2.45) is 4.99 Å². The van der Waals surface area contributed by atoms with E-state index in [1.165, 1.54) is 0 Å². The zero-order valence-corrected chi connectivity index (χ0v) is 18.8. The van der Waals surface area contributed by atoms with Crippen molar-refractivity contribution in [3.8, 4) is 0 Å². The highest BCUT2D eigenvalue weighted by Crippen LogP contribution is 2.21. The first kappa shape index (κ1) is 23.0. The number of rotatable bonds is 8. The van der Waals surface area contributed by atoms with Gasteiger partial charge in [-0.2, -0.15) is 4.31 Å². The Balaban J connectivity index is 1.53. The summed E-state index contributed by atoms with van der Waals surface area (Å²) in [4.78, 5) is 7.38. The highest BCUT2D eigenvalue weighted by Gasteiger charge is 2.25. The molecule has 0 spiro atoms. The molecule has 2 N–H and O–H groups in total. The van der Waals surface area contributed by atoms with Crippen molar-refractivity contribution in [2.45, 2.75) is 37.6 Å². The Morgan fingerprint density at radius 3 is 2.40 bits per heavy atom. The lowest BCUT2D eigenvalue weighted by molar-refractivity contribution is 0.0389. The second kappa shape index (κ2) is 11.6. The summed E-state index contributed by atoms with van der Waals surface area (Å²) in [5.74, 6) is 0.774. The molecule has 168 valence electrons. The fourth-order valence-corrected chi connectivity index (χ4v) is 5.21. The third kappa shape index (κ3) is 6.66. The van der Waals surface area contributed by atoms with Gasteiger partial charge in [-0.05, 0) is 37.5 Å². The number of hydrogen-bond acceptors (Lipinski definition) is 5. The first-order valence-electron chi connectivity index (χ1n) is 11.0. The van der Waals surface area contributed by atoms with Gasteiger partial charge in [0.15, 0.2) is 5.96 Å². The summed E-state index contributed by atoms with van der Waals surface area (Å²) in [5.41, 5.74) is 0.984. The van der Waals surface area contributed by atoms with Gasteiger partial charge in [0, 0.05) is 45.8 Å². The van der Waals surface area contributed by atoms with Crippen molar-refractivity contribution >= 4 is 16.0 Å². The van der Waals surface area contributed by atoms with Crippen LogP contribution in [0, 0.1) is 0 Å². The van der Waals surface area contributed by atoms with Crippen LogP contribution in [0.3, 0.4) is 0 Å². The third-order valence-electron chi connectivity index (χ3n) is 5.46. The summed E-state index contributed by atoms with van der Waals surface area (Å²) in [7, 11) is -3.38. The minimum absolute atomic E-state index is 0.368. The normalized spacial score (nSPS) is 19.6. The number of nitrogens with one attached hydrogen (secondary N) is 2. The van der Waals surface area contributed by atoms with E-state index in [0.29, 0.717) is 24.5 Å². The summed E-state index contributed by atoms with van der Waals surface area (Å²) in [5, 5.41) is 6.63. The standard InChI is InChI=1S/C21H35N5O3S/c1-2-22-21(23-10-13-25-14-16-29-17-15-25)24-18-19-6-8-20(9-7-19)30(27,28)26-11-4-3-5-12-26/h6-9H,2-5,10-18H2,1H3,(H2,22,23,24). The van der Waals surface area contributed by atoms with E-state index in [-0.39, 0.29) is 0 Å². The number of hydrogen-bond donors (Lipinski definition) is 2. The number of guanidine groups is 1. The Bertz CT molecular complexity index is 770. The van der Waals surface area contributed by atoms with Crippen LogP contribution in [-0.2, 0) is 21.3 Å². The molecule has 0 unspecified atom stereocenters. The molecule has 1 aromatic carbocycles. The van der Waals surface area contributed by atoms with E-state index in [9.17, 15) is 8.42 Å². The topological polar surface area (TPSA) is 86.3 Å². The van der Waals surface area contributed by atoms with Gasteiger partial charge >= 0.3 is 0 Å². The largest absolute Gasteiger partial charge is 0.379 e. The van der Waals surface area contributed by atoms with E-state index < -0.39 is 10.0 Å². The van der Waals surface area contributed by atoms with Crippen molar-refractivity contribution in [1.29, 1.82) is 0 Å². The molecule has 0 bridgehead atoms. The lowest BCUT2D eigenvalue weighted by Gasteiger charge is -2.26. The highest BCUT2D eigenvalue weighted by molar-refractivity contribution is 7.89. The summed E-state index contributed by atoms with van der Waals surface area (Å²) in [6.45, 7) is 9.90. The molecule has 0 atom stereocenters. The number of sulfonamides is 1.